The van der Waals surface area contributed by atoms with Crippen molar-refractivity contribution in [2.24, 2.45) is 10.5 Å². The van der Waals surface area contributed by atoms with Crippen molar-refractivity contribution in [1.82, 2.24) is 0 Å². The van der Waals surface area contributed by atoms with Gasteiger partial charge in [-0.15, -0.1) is 0 Å². The molecule has 1 aliphatic heterocycles. The Bertz CT molecular complexity index is 347. The minimum Gasteiger partial charge on any atom is -0.463 e. The molecule has 0 aromatic rings. The van der Waals surface area contributed by atoms with Gasteiger partial charge in [0.2, 0.25) is 0 Å². The summed E-state index contributed by atoms with van der Waals surface area (Å²) in [6, 6.07) is -0.368. The van der Waals surface area contributed by atoms with Gasteiger partial charge in [-0.25, -0.2) is 0 Å². The number of nitrogens with zero attached hydrogens (tertiary/aromatic N) is 3. The van der Waals surface area contributed by atoms with Crippen LogP contribution in [0.2, 0.25) is 0 Å². The smallest absolute Gasteiger partial charge is 0.311 e. The van der Waals surface area contributed by atoms with Gasteiger partial charge in [0.1, 0.15) is 12.7 Å². The second-order valence-electron chi connectivity index (χ2n) is 5.20. The Hall–Kier alpha value is -1.30. The number of carbonyl (C=O) groups is 1. The van der Waals surface area contributed by atoms with Gasteiger partial charge in [-0.3, -0.25) is 4.79 Å². The largest absolute Gasteiger partial charge is 0.463 e. The average molecular weight is 257 g/mol. The number of rotatable bonds is 4. The first-order valence-electron chi connectivity index (χ1n) is 5.78. The maximum absolute atomic E-state index is 11.6. The summed E-state index contributed by atoms with van der Waals surface area (Å²) in [6.45, 7) is 5.38. The second kappa shape index (κ2) is 6.04. The van der Waals surface area contributed by atoms with E-state index in [1.54, 1.807) is 20.8 Å². The molecule has 7 nitrogen and oxygen atoms in total. The summed E-state index contributed by atoms with van der Waals surface area (Å²) >= 11 is 0. The Balaban J connectivity index is 2.54. The Kier molecular flexibility index (Phi) is 4.95. The van der Waals surface area contributed by atoms with Crippen LogP contribution in [-0.4, -0.2) is 38.1 Å². The molecular formula is C11H19N3O4. The van der Waals surface area contributed by atoms with E-state index in [2.05, 4.69) is 10.0 Å². The fourth-order valence-corrected chi connectivity index (χ4v) is 1.55. The molecule has 0 bridgehead atoms. The minimum atomic E-state index is -0.562. The highest BCUT2D eigenvalue weighted by molar-refractivity contribution is 5.75. The van der Waals surface area contributed by atoms with Crippen molar-refractivity contribution in [2.75, 3.05) is 13.7 Å². The standard InChI is InChI=1S/C11H19N3O4/c1-11(2,3)10(15)17-6-8-7(13-14-12)5-9(16-4)18-8/h7-9H,5-6H2,1-4H3/t7-,8+,9-/m0/s1. The summed E-state index contributed by atoms with van der Waals surface area (Å²) in [5, 5.41) is 3.63. The molecule has 0 aliphatic carbocycles. The van der Waals surface area contributed by atoms with E-state index in [-0.39, 0.29) is 18.6 Å². The van der Waals surface area contributed by atoms with E-state index in [9.17, 15) is 4.79 Å². The van der Waals surface area contributed by atoms with E-state index in [1.807, 2.05) is 0 Å². The number of ether oxygens (including phenoxy) is 3. The SMILES string of the molecule is CO[C@@H]1C[C@H](N=[N+]=[N-])[C@@H](COC(=O)C(C)(C)C)O1. The first-order chi connectivity index (χ1) is 8.38. The number of hydrogen-bond donors (Lipinski definition) is 0. The zero-order chi connectivity index (χ0) is 13.8. The van der Waals surface area contributed by atoms with E-state index in [0.717, 1.165) is 0 Å². The Labute approximate surface area is 106 Å². The third-order valence-corrected chi connectivity index (χ3v) is 2.64. The predicted octanol–water partition coefficient (Wildman–Crippen LogP) is 2.02. The van der Waals surface area contributed by atoms with Crippen LogP contribution in [0.4, 0.5) is 0 Å². The highest BCUT2D eigenvalue weighted by Gasteiger charge is 2.36. The lowest BCUT2D eigenvalue weighted by Gasteiger charge is -2.20. The zero-order valence-electron chi connectivity index (χ0n) is 11.1. The van der Waals surface area contributed by atoms with Crippen LogP contribution < -0.4 is 0 Å². The third-order valence-electron chi connectivity index (χ3n) is 2.64. The van der Waals surface area contributed by atoms with Crippen molar-refractivity contribution in [1.29, 1.82) is 0 Å². The topological polar surface area (TPSA) is 93.5 Å². The number of methoxy groups -OCH3 is 1. The quantitative estimate of drug-likeness (QED) is 0.333. The lowest BCUT2D eigenvalue weighted by atomic mass is 9.97. The van der Waals surface area contributed by atoms with Crippen LogP contribution in [0.3, 0.4) is 0 Å². The van der Waals surface area contributed by atoms with Crippen molar-refractivity contribution in [3.05, 3.63) is 10.4 Å². The van der Waals surface area contributed by atoms with Gasteiger partial charge in [0.25, 0.3) is 0 Å². The molecular weight excluding hydrogens is 238 g/mol. The van der Waals surface area contributed by atoms with E-state index >= 15 is 0 Å². The molecule has 18 heavy (non-hydrogen) atoms. The monoisotopic (exact) mass is 257 g/mol. The summed E-state index contributed by atoms with van der Waals surface area (Å²) in [4.78, 5) is 14.4. The third kappa shape index (κ3) is 3.87. The van der Waals surface area contributed by atoms with E-state index < -0.39 is 17.8 Å². The van der Waals surface area contributed by atoms with Crippen LogP contribution in [0.1, 0.15) is 27.2 Å². The number of carbonyl (C=O) groups excluding carboxylic acids is 1. The fourth-order valence-electron chi connectivity index (χ4n) is 1.55. The summed E-state index contributed by atoms with van der Waals surface area (Å²) in [5.41, 5.74) is 7.90. The Morgan fingerprint density at radius 3 is 2.72 bits per heavy atom. The molecule has 1 rings (SSSR count). The molecule has 0 spiro atoms. The van der Waals surface area contributed by atoms with Crippen LogP contribution in [0.5, 0.6) is 0 Å². The molecule has 1 aliphatic rings. The van der Waals surface area contributed by atoms with Gasteiger partial charge in [0.05, 0.1) is 11.5 Å². The molecule has 1 saturated heterocycles. The lowest BCUT2D eigenvalue weighted by Crippen LogP contribution is -2.31. The maximum Gasteiger partial charge on any atom is 0.311 e. The Morgan fingerprint density at radius 2 is 2.22 bits per heavy atom. The molecule has 0 unspecified atom stereocenters. The molecule has 7 heteroatoms. The van der Waals surface area contributed by atoms with Crippen molar-refractivity contribution < 1.29 is 19.0 Å². The van der Waals surface area contributed by atoms with E-state index in [0.29, 0.717) is 6.42 Å². The summed E-state index contributed by atoms with van der Waals surface area (Å²) in [6.07, 6.45) is -0.394. The molecule has 3 atom stereocenters. The summed E-state index contributed by atoms with van der Waals surface area (Å²) in [5.74, 6) is -0.313. The van der Waals surface area contributed by atoms with Gasteiger partial charge in [-0.05, 0) is 26.3 Å². The lowest BCUT2D eigenvalue weighted by molar-refractivity contribution is -0.163. The first kappa shape index (κ1) is 14.8. The van der Waals surface area contributed by atoms with Crippen LogP contribution in [-0.2, 0) is 19.0 Å². The maximum atomic E-state index is 11.6. The fraction of sp³-hybridized carbons (Fsp3) is 0.909. The van der Waals surface area contributed by atoms with Crippen molar-refractivity contribution in [2.45, 2.75) is 45.6 Å². The van der Waals surface area contributed by atoms with Crippen molar-refractivity contribution >= 4 is 5.97 Å². The molecule has 0 aromatic carbocycles. The molecule has 1 heterocycles. The minimum absolute atomic E-state index is 0.0691. The van der Waals surface area contributed by atoms with Gasteiger partial charge in [0.15, 0.2) is 6.29 Å². The molecule has 0 saturated carbocycles. The van der Waals surface area contributed by atoms with E-state index in [1.165, 1.54) is 7.11 Å². The number of hydrogen-bond acceptors (Lipinski definition) is 5. The van der Waals surface area contributed by atoms with Crippen LogP contribution >= 0.6 is 0 Å². The predicted molar refractivity (Wildman–Crippen MR) is 63.6 cm³/mol. The second-order valence-corrected chi connectivity index (χ2v) is 5.20. The normalized spacial score (nSPS) is 27.7. The van der Waals surface area contributed by atoms with Gasteiger partial charge < -0.3 is 14.2 Å². The van der Waals surface area contributed by atoms with Crippen LogP contribution in [0.25, 0.3) is 10.4 Å². The molecule has 1 fully saturated rings. The summed E-state index contributed by atoms with van der Waals surface area (Å²) in [7, 11) is 1.52. The van der Waals surface area contributed by atoms with Crippen LogP contribution in [0.15, 0.2) is 5.11 Å². The van der Waals surface area contributed by atoms with Gasteiger partial charge in [-0.1, -0.05) is 5.11 Å². The zero-order valence-corrected chi connectivity index (χ0v) is 11.1. The van der Waals surface area contributed by atoms with E-state index in [4.69, 9.17) is 19.7 Å². The van der Waals surface area contributed by atoms with Gasteiger partial charge in [0, 0.05) is 18.4 Å². The highest BCUT2D eigenvalue weighted by Crippen LogP contribution is 2.25. The number of azide groups is 1. The summed E-state index contributed by atoms with van der Waals surface area (Å²) < 4.78 is 15.7. The number of esters is 1. The first-order valence-corrected chi connectivity index (χ1v) is 5.78. The highest BCUT2D eigenvalue weighted by atomic mass is 16.7. The molecule has 102 valence electrons. The van der Waals surface area contributed by atoms with Gasteiger partial charge >= 0.3 is 5.97 Å². The van der Waals surface area contributed by atoms with Crippen molar-refractivity contribution in [3.63, 3.8) is 0 Å². The van der Waals surface area contributed by atoms with Crippen LogP contribution in [0, 0.1) is 5.41 Å². The molecule has 0 radical (unpaired) electrons. The van der Waals surface area contributed by atoms with Crippen molar-refractivity contribution in [3.8, 4) is 0 Å². The molecule has 0 N–H and O–H groups in total. The Morgan fingerprint density at radius 1 is 1.56 bits per heavy atom. The molecule has 0 amide bonds. The van der Waals surface area contributed by atoms with Gasteiger partial charge in [-0.2, -0.15) is 0 Å². The average Bonchev–Trinajstić information content (AvgIpc) is 2.68. The molecule has 0 aromatic heterocycles.